The second-order valence-electron chi connectivity index (χ2n) is 8.62. The van der Waals surface area contributed by atoms with Crippen molar-refractivity contribution in [1.29, 1.82) is 0 Å². The zero-order chi connectivity index (χ0) is 22.4. The molecule has 1 aliphatic rings. The minimum atomic E-state index is -0.402. The van der Waals surface area contributed by atoms with Crippen LogP contribution < -0.4 is 5.32 Å². The lowest BCUT2D eigenvalue weighted by atomic mass is 9.95. The summed E-state index contributed by atoms with van der Waals surface area (Å²) in [6.45, 7) is 2.02. The van der Waals surface area contributed by atoms with E-state index < -0.39 is 5.41 Å². The summed E-state index contributed by atoms with van der Waals surface area (Å²) in [5, 5.41) is 10.4. The van der Waals surface area contributed by atoms with Gasteiger partial charge in [0.1, 0.15) is 11.2 Å². The van der Waals surface area contributed by atoms with Crippen LogP contribution in [0.5, 0.6) is 0 Å². The van der Waals surface area contributed by atoms with Crippen LogP contribution in [-0.2, 0) is 10.2 Å². The lowest BCUT2D eigenvalue weighted by Gasteiger charge is -2.16. The van der Waals surface area contributed by atoms with Crippen molar-refractivity contribution in [2.45, 2.75) is 25.2 Å². The fourth-order valence-corrected chi connectivity index (χ4v) is 4.31. The molecule has 5 aromatic rings. The van der Waals surface area contributed by atoms with Gasteiger partial charge in [0.15, 0.2) is 5.58 Å². The van der Waals surface area contributed by atoms with Crippen molar-refractivity contribution in [2.24, 2.45) is 0 Å². The predicted molar refractivity (Wildman–Crippen MR) is 128 cm³/mol. The van der Waals surface area contributed by atoms with Crippen molar-refractivity contribution in [3.63, 3.8) is 0 Å². The maximum atomic E-state index is 13.0. The molecule has 1 fully saturated rings. The van der Waals surface area contributed by atoms with Crippen LogP contribution in [0.15, 0.2) is 83.4 Å². The van der Waals surface area contributed by atoms with Gasteiger partial charge in [0.25, 0.3) is 0 Å². The van der Waals surface area contributed by atoms with E-state index in [-0.39, 0.29) is 5.91 Å². The Morgan fingerprint density at radius 2 is 1.82 bits per heavy atom. The van der Waals surface area contributed by atoms with Crippen molar-refractivity contribution in [3.8, 4) is 22.7 Å². The van der Waals surface area contributed by atoms with Crippen LogP contribution in [0.3, 0.4) is 0 Å². The summed E-state index contributed by atoms with van der Waals surface area (Å²) in [6.07, 6.45) is 3.54. The summed E-state index contributed by atoms with van der Waals surface area (Å²) in [7, 11) is 0. The highest BCUT2D eigenvalue weighted by Crippen LogP contribution is 2.49. The normalized spacial score (nSPS) is 14.3. The first-order valence-electron chi connectivity index (χ1n) is 11.0. The van der Waals surface area contributed by atoms with Gasteiger partial charge >= 0.3 is 0 Å². The molecule has 6 nitrogen and oxygen atoms in total. The Morgan fingerprint density at radius 1 is 1.03 bits per heavy atom. The number of aromatic nitrogens is 3. The van der Waals surface area contributed by atoms with Crippen LogP contribution in [0.25, 0.3) is 33.8 Å². The SMILES string of the molecule is Cc1ccc2nc(-c3c[nH]nc3-c3ccc(NC(=O)C4(c5ccccc5)CC4)cc3)oc2c1. The molecule has 6 rings (SSSR count). The molecule has 162 valence electrons. The van der Waals surface area contributed by atoms with Crippen molar-refractivity contribution in [1.82, 2.24) is 15.2 Å². The van der Waals surface area contributed by atoms with E-state index in [9.17, 15) is 4.79 Å². The Hall–Kier alpha value is -4.19. The molecule has 2 N–H and O–H groups in total. The molecule has 6 heteroatoms. The number of hydrogen-bond donors (Lipinski definition) is 2. The van der Waals surface area contributed by atoms with Crippen LogP contribution in [0, 0.1) is 6.92 Å². The maximum absolute atomic E-state index is 13.0. The molecule has 0 unspecified atom stereocenters. The molecule has 33 heavy (non-hydrogen) atoms. The number of H-pyrrole nitrogens is 1. The third-order valence-corrected chi connectivity index (χ3v) is 6.34. The average molecular weight is 434 g/mol. The van der Waals surface area contributed by atoms with Crippen LogP contribution in [0.4, 0.5) is 5.69 Å². The van der Waals surface area contributed by atoms with Crippen molar-refractivity contribution in [2.75, 3.05) is 5.32 Å². The quantitative estimate of drug-likeness (QED) is 0.363. The van der Waals surface area contributed by atoms with E-state index >= 15 is 0 Å². The van der Waals surface area contributed by atoms with Crippen LogP contribution in [0.1, 0.15) is 24.0 Å². The molecule has 3 aromatic carbocycles. The number of fused-ring (bicyclic) bond motifs is 1. The molecule has 0 spiro atoms. The standard InChI is InChI=1S/C27H22N4O2/c1-17-7-12-22-23(15-17)33-25(30-22)21-16-28-31-24(21)18-8-10-20(11-9-18)29-26(32)27(13-14-27)19-5-3-2-4-6-19/h2-12,15-16H,13-14H2,1H3,(H,28,31)(H,29,32). The van der Waals surface area contributed by atoms with Gasteiger partial charge in [0, 0.05) is 17.4 Å². The molecule has 0 bridgehead atoms. The van der Waals surface area contributed by atoms with E-state index in [0.29, 0.717) is 5.89 Å². The third-order valence-electron chi connectivity index (χ3n) is 6.34. The summed E-state index contributed by atoms with van der Waals surface area (Å²) in [4.78, 5) is 17.6. The topological polar surface area (TPSA) is 83.8 Å². The summed E-state index contributed by atoms with van der Waals surface area (Å²) < 4.78 is 5.99. The molecule has 1 aliphatic carbocycles. The molecule has 1 amide bonds. The number of aromatic amines is 1. The van der Waals surface area contributed by atoms with Gasteiger partial charge in [-0.25, -0.2) is 4.98 Å². The van der Waals surface area contributed by atoms with E-state index in [1.54, 1.807) is 6.20 Å². The van der Waals surface area contributed by atoms with Gasteiger partial charge in [-0.2, -0.15) is 5.10 Å². The molecular formula is C27H22N4O2. The zero-order valence-corrected chi connectivity index (χ0v) is 18.1. The maximum Gasteiger partial charge on any atom is 0.235 e. The third kappa shape index (κ3) is 3.40. The van der Waals surface area contributed by atoms with E-state index in [0.717, 1.165) is 57.6 Å². The number of anilines is 1. The molecule has 2 heterocycles. The molecule has 0 saturated heterocycles. The number of carbonyl (C=O) groups is 1. The molecule has 2 aromatic heterocycles. The molecule has 0 atom stereocenters. The van der Waals surface area contributed by atoms with Crippen molar-refractivity contribution >= 4 is 22.7 Å². The van der Waals surface area contributed by atoms with Gasteiger partial charge in [0.2, 0.25) is 11.8 Å². The van der Waals surface area contributed by atoms with Crippen LogP contribution in [0.2, 0.25) is 0 Å². The fourth-order valence-electron chi connectivity index (χ4n) is 4.31. The molecule has 0 radical (unpaired) electrons. The van der Waals surface area contributed by atoms with Crippen LogP contribution in [-0.4, -0.2) is 21.1 Å². The average Bonchev–Trinajstić information content (AvgIpc) is 3.32. The Kier molecular flexibility index (Phi) is 4.40. The van der Waals surface area contributed by atoms with E-state index in [4.69, 9.17) is 4.42 Å². The second kappa shape index (κ2) is 7.45. The predicted octanol–water partition coefficient (Wildman–Crippen LogP) is 5.86. The first-order chi connectivity index (χ1) is 16.1. The highest BCUT2D eigenvalue weighted by Gasteiger charge is 2.51. The van der Waals surface area contributed by atoms with E-state index in [1.807, 2.05) is 79.7 Å². The summed E-state index contributed by atoms with van der Waals surface area (Å²) in [5.41, 5.74) is 6.58. The highest BCUT2D eigenvalue weighted by atomic mass is 16.3. The molecular weight excluding hydrogens is 412 g/mol. The Labute approximate surface area is 190 Å². The first kappa shape index (κ1) is 19.5. The minimum Gasteiger partial charge on any atom is -0.436 e. The minimum absolute atomic E-state index is 0.0451. The number of oxazole rings is 1. The fraction of sp³-hybridized carbons (Fsp3) is 0.148. The van der Waals surface area contributed by atoms with Gasteiger partial charge in [0.05, 0.1) is 11.0 Å². The van der Waals surface area contributed by atoms with Gasteiger partial charge < -0.3 is 9.73 Å². The lowest BCUT2D eigenvalue weighted by molar-refractivity contribution is -0.118. The number of aryl methyl sites for hydroxylation is 1. The number of rotatable bonds is 5. The number of nitrogens with one attached hydrogen (secondary N) is 2. The number of amides is 1. The van der Waals surface area contributed by atoms with Crippen LogP contribution >= 0.6 is 0 Å². The summed E-state index contributed by atoms with van der Waals surface area (Å²) in [6, 6.07) is 23.7. The summed E-state index contributed by atoms with van der Waals surface area (Å²) in [5.74, 6) is 0.568. The van der Waals surface area contributed by atoms with Gasteiger partial charge in [-0.1, -0.05) is 48.5 Å². The van der Waals surface area contributed by atoms with Gasteiger partial charge in [-0.15, -0.1) is 0 Å². The van der Waals surface area contributed by atoms with E-state index in [2.05, 4.69) is 20.5 Å². The Balaban J connectivity index is 1.25. The number of nitrogens with zero attached hydrogens (tertiary/aromatic N) is 2. The first-order valence-corrected chi connectivity index (χ1v) is 11.0. The zero-order valence-electron chi connectivity index (χ0n) is 18.1. The van der Waals surface area contributed by atoms with Crippen molar-refractivity contribution in [3.05, 3.63) is 90.1 Å². The highest BCUT2D eigenvalue weighted by molar-refractivity contribution is 6.01. The van der Waals surface area contributed by atoms with Gasteiger partial charge in [-0.3, -0.25) is 9.89 Å². The number of hydrogen-bond acceptors (Lipinski definition) is 4. The van der Waals surface area contributed by atoms with E-state index in [1.165, 1.54) is 0 Å². The molecule has 0 aliphatic heterocycles. The smallest absolute Gasteiger partial charge is 0.235 e. The Morgan fingerprint density at radius 3 is 2.58 bits per heavy atom. The monoisotopic (exact) mass is 434 g/mol. The molecule has 1 saturated carbocycles. The second-order valence-corrected chi connectivity index (χ2v) is 8.62. The number of carbonyl (C=O) groups excluding carboxylic acids is 1. The lowest BCUT2D eigenvalue weighted by Crippen LogP contribution is -2.27. The van der Waals surface area contributed by atoms with Crippen molar-refractivity contribution < 1.29 is 9.21 Å². The summed E-state index contributed by atoms with van der Waals surface area (Å²) >= 11 is 0. The number of benzene rings is 3. The largest absolute Gasteiger partial charge is 0.436 e. The van der Waals surface area contributed by atoms with Gasteiger partial charge in [-0.05, 0) is 55.2 Å². The Bertz CT molecular complexity index is 1460.